The van der Waals surface area contributed by atoms with Crippen LogP contribution in [0.4, 0.5) is 5.82 Å². The van der Waals surface area contributed by atoms with E-state index in [9.17, 15) is 4.79 Å². The number of nitrogens with zero attached hydrogens (tertiary/aromatic N) is 3. The van der Waals surface area contributed by atoms with Gasteiger partial charge >= 0.3 is 5.97 Å². The SMILES string of the molecule is CCCc1cc(N2CCNCC2C(=O)OCC)ncn1. The second-order valence-corrected chi connectivity index (χ2v) is 4.78. The molecular formula is C14H22N4O2. The number of piperazine rings is 1. The standard InChI is InChI=1S/C14H22N4O2/c1-3-5-11-8-13(17-10-16-11)18-7-6-15-9-12(18)14(19)20-4-2/h8,10,12,15H,3-7,9H2,1-2H3. The van der Waals surface area contributed by atoms with Gasteiger partial charge in [0.25, 0.3) is 0 Å². The van der Waals surface area contributed by atoms with Crippen molar-refractivity contribution in [2.45, 2.75) is 32.7 Å². The van der Waals surface area contributed by atoms with Crippen LogP contribution < -0.4 is 10.2 Å². The van der Waals surface area contributed by atoms with Crippen LogP contribution >= 0.6 is 0 Å². The van der Waals surface area contributed by atoms with E-state index in [1.807, 2.05) is 17.9 Å². The Hall–Kier alpha value is -1.69. The molecule has 0 bridgehead atoms. The third-order valence-corrected chi connectivity index (χ3v) is 3.31. The molecule has 1 fully saturated rings. The number of aromatic nitrogens is 2. The number of aryl methyl sites for hydroxylation is 1. The first-order valence-corrected chi connectivity index (χ1v) is 7.21. The summed E-state index contributed by atoms with van der Waals surface area (Å²) in [6.07, 6.45) is 3.54. The van der Waals surface area contributed by atoms with Crippen molar-refractivity contribution in [1.82, 2.24) is 15.3 Å². The lowest BCUT2D eigenvalue weighted by molar-refractivity contribution is -0.144. The molecular weight excluding hydrogens is 256 g/mol. The molecule has 6 heteroatoms. The van der Waals surface area contributed by atoms with Crippen LogP contribution in [0.15, 0.2) is 12.4 Å². The monoisotopic (exact) mass is 278 g/mol. The zero-order valence-electron chi connectivity index (χ0n) is 12.1. The van der Waals surface area contributed by atoms with Crippen molar-refractivity contribution in [3.63, 3.8) is 0 Å². The van der Waals surface area contributed by atoms with Gasteiger partial charge in [0.05, 0.1) is 6.61 Å². The van der Waals surface area contributed by atoms with Gasteiger partial charge in [0.15, 0.2) is 0 Å². The van der Waals surface area contributed by atoms with Gasteiger partial charge in [-0.2, -0.15) is 0 Å². The number of rotatable bonds is 5. The number of carbonyl (C=O) groups excluding carboxylic acids is 1. The minimum Gasteiger partial charge on any atom is -0.464 e. The molecule has 6 nitrogen and oxygen atoms in total. The van der Waals surface area contributed by atoms with E-state index in [-0.39, 0.29) is 12.0 Å². The van der Waals surface area contributed by atoms with E-state index in [4.69, 9.17) is 4.74 Å². The van der Waals surface area contributed by atoms with Crippen molar-refractivity contribution < 1.29 is 9.53 Å². The van der Waals surface area contributed by atoms with E-state index in [0.29, 0.717) is 13.2 Å². The molecule has 1 aromatic rings. The molecule has 1 N–H and O–H groups in total. The van der Waals surface area contributed by atoms with Crippen LogP contribution in [0.25, 0.3) is 0 Å². The molecule has 0 saturated carbocycles. The molecule has 0 aromatic carbocycles. The molecule has 1 saturated heterocycles. The van der Waals surface area contributed by atoms with Gasteiger partial charge in [-0.05, 0) is 13.3 Å². The Morgan fingerprint density at radius 1 is 1.50 bits per heavy atom. The van der Waals surface area contributed by atoms with Crippen LogP contribution in [0.1, 0.15) is 26.0 Å². The molecule has 20 heavy (non-hydrogen) atoms. The fourth-order valence-corrected chi connectivity index (χ4v) is 2.36. The molecule has 0 spiro atoms. The van der Waals surface area contributed by atoms with E-state index >= 15 is 0 Å². The van der Waals surface area contributed by atoms with Gasteiger partial charge in [0.1, 0.15) is 18.2 Å². The zero-order chi connectivity index (χ0) is 14.4. The molecule has 0 aliphatic carbocycles. The smallest absolute Gasteiger partial charge is 0.330 e. The molecule has 1 aliphatic rings. The lowest BCUT2D eigenvalue weighted by atomic mass is 10.1. The Morgan fingerprint density at radius 2 is 2.35 bits per heavy atom. The Morgan fingerprint density at radius 3 is 3.10 bits per heavy atom. The van der Waals surface area contributed by atoms with Crippen molar-refractivity contribution in [3.8, 4) is 0 Å². The van der Waals surface area contributed by atoms with E-state index in [0.717, 1.165) is 37.4 Å². The number of anilines is 1. The number of ether oxygens (including phenoxy) is 1. The summed E-state index contributed by atoms with van der Waals surface area (Å²) in [5, 5.41) is 3.23. The van der Waals surface area contributed by atoms with Gasteiger partial charge in [0.2, 0.25) is 0 Å². The predicted octanol–water partition coefficient (Wildman–Crippen LogP) is 0.770. The maximum atomic E-state index is 12.0. The third kappa shape index (κ3) is 3.45. The Balaban J connectivity index is 2.18. The van der Waals surface area contributed by atoms with Crippen molar-refractivity contribution >= 4 is 11.8 Å². The Bertz CT molecular complexity index is 453. The van der Waals surface area contributed by atoms with Crippen LogP contribution in [0, 0.1) is 0 Å². The molecule has 1 aromatic heterocycles. The average Bonchev–Trinajstić information content (AvgIpc) is 2.48. The Kier molecular flexibility index (Phi) is 5.29. The highest BCUT2D eigenvalue weighted by Gasteiger charge is 2.30. The fourth-order valence-electron chi connectivity index (χ4n) is 2.36. The first kappa shape index (κ1) is 14.7. The van der Waals surface area contributed by atoms with Crippen molar-refractivity contribution in [2.24, 2.45) is 0 Å². The summed E-state index contributed by atoms with van der Waals surface area (Å²) in [6.45, 7) is 6.51. The summed E-state index contributed by atoms with van der Waals surface area (Å²) >= 11 is 0. The summed E-state index contributed by atoms with van der Waals surface area (Å²) in [6, 6.07) is 1.66. The molecule has 0 amide bonds. The molecule has 110 valence electrons. The van der Waals surface area contributed by atoms with Crippen LogP contribution in [0.5, 0.6) is 0 Å². The molecule has 2 rings (SSSR count). The van der Waals surface area contributed by atoms with Gasteiger partial charge in [-0.25, -0.2) is 14.8 Å². The van der Waals surface area contributed by atoms with Gasteiger partial charge in [0, 0.05) is 31.4 Å². The van der Waals surface area contributed by atoms with Gasteiger partial charge < -0.3 is 15.0 Å². The van der Waals surface area contributed by atoms with Crippen LogP contribution in [0.3, 0.4) is 0 Å². The number of carbonyl (C=O) groups is 1. The van der Waals surface area contributed by atoms with Crippen LogP contribution in [-0.2, 0) is 16.0 Å². The van der Waals surface area contributed by atoms with E-state index in [1.165, 1.54) is 0 Å². The zero-order valence-corrected chi connectivity index (χ0v) is 12.1. The van der Waals surface area contributed by atoms with E-state index < -0.39 is 0 Å². The lowest BCUT2D eigenvalue weighted by Crippen LogP contribution is -2.56. The lowest BCUT2D eigenvalue weighted by Gasteiger charge is -2.35. The summed E-state index contributed by atoms with van der Waals surface area (Å²) < 4.78 is 5.15. The highest BCUT2D eigenvalue weighted by atomic mass is 16.5. The number of hydrogen-bond acceptors (Lipinski definition) is 6. The summed E-state index contributed by atoms with van der Waals surface area (Å²) in [5.41, 5.74) is 1.01. The third-order valence-electron chi connectivity index (χ3n) is 3.31. The quantitative estimate of drug-likeness (QED) is 0.803. The largest absolute Gasteiger partial charge is 0.464 e. The van der Waals surface area contributed by atoms with Crippen LogP contribution in [-0.4, -0.2) is 48.2 Å². The molecule has 1 aliphatic heterocycles. The highest BCUT2D eigenvalue weighted by Crippen LogP contribution is 2.17. The topological polar surface area (TPSA) is 67.4 Å². The minimum absolute atomic E-state index is 0.199. The molecule has 2 heterocycles. The number of nitrogens with one attached hydrogen (secondary N) is 1. The summed E-state index contributed by atoms with van der Waals surface area (Å²) in [5.74, 6) is 0.610. The van der Waals surface area contributed by atoms with Crippen LogP contribution in [0.2, 0.25) is 0 Å². The molecule has 0 radical (unpaired) electrons. The summed E-state index contributed by atoms with van der Waals surface area (Å²) in [7, 11) is 0. The second kappa shape index (κ2) is 7.19. The maximum Gasteiger partial charge on any atom is 0.330 e. The fraction of sp³-hybridized carbons (Fsp3) is 0.643. The maximum absolute atomic E-state index is 12.0. The Labute approximate surface area is 119 Å². The second-order valence-electron chi connectivity index (χ2n) is 4.78. The van der Waals surface area contributed by atoms with E-state index in [1.54, 1.807) is 6.33 Å². The van der Waals surface area contributed by atoms with Gasteiger partial charge in [-0.1, -0.05) is 13.3 Å². The van der Waals surface area contributed by atoms with Crippen molar-refractivity contribution in [2.75, 3.05) is 31.1 Å². The summed E-state index contributed by atoms with van der Waals surface area (Å²) in [4.78, 5) is 22.6. The average molecular weight is 278 g/mol. The first-order valence-electron chi connectivity index (χ1n) is 7.21. The number of esters is 1. The predicted molar refractivity (Wildman–Crippen MR) is 76.7 cm³/mol. The van der Waals surface area contributed by atoms with Gasteiger partial charge in [-0.15, -0.1) is 0 Å². The van der Waals surface area contributed by atoms with Crippen molar-refractivity contribution in [3.05, 3.63) is 18.1 Å². The van der Waals surface area contributed by atoms with Crippen molar-refractivity contribution in [1.29, 1.82) is 0 Å². The van der Waals surface area contributed by atoms with E-state index in [2.05, 4.69) is 22.2 Å². The molecule has 1 unspecified atom stereocenters. The van der Waals surface area contributed by atoms with Gasteiger partial charge in [-0.3, -0.25) is 0 Å². The molecule has 1 atom stereocenters. The first-order chi connectivity index (χ1) is 9.76. The highest BCUT2D eigenvalue weighted by molar-refractivity contribution is 5.80. The normalized spacial score (nSPS) is 18.9. The number of hydrogen-bond donors (Lipinski definition) is 1. The minimum atomic E-state index is -0.312.